The number of nitrogens with zero attached hydrogens (tertiary/aromatic N) is 7. The average Bonchev–Trinajstić information content (AvgIpc) is 3.21. The lowest BCUT2D eigenvalue weighted by Gasteiger charge is -2.04. The summed E-state index contributed by atoms with van der Waals surface area (Å²) >= 11 is 0. The number of hydrogen-bond donors (Lipinski definition) is 1. The Morgan fingerprint density at radius 2 is 1.86 bits per heavy atom. The van der Waals surface area contributed by atoms with Crippen LogP contribution in [-0.4, -0.2) is 69.9 Å². The molecule has 156 valence electrons. The molecule has 0 amide bonds. The molecule has 0 spiro atoms. The molecule has 0 atom stereocenters. The second-order valence-electron chi connectivity index (χ2n) is 7.14. The molecule has 9 nitrogen and oxygen atoms in total. The molecule has 0 saturated heterocycles. The largest absolute Gasteiger partial charge is 0.872 e. The number of guanidine groups is 1. The van der Waals surface area contributed by atoms with E-state index < -0.39 is 0 Å². The van der Waals surface area contributed by atoms with Crippen molar-refractivity contribution in [2.24, 2.45) is 15.8 Å². The number of aryl methyl sites for hydroxylation is 1. The van der Waals surface area contributed by atoms with E-state index in [1.165, 1.54) is 12.1 Å². The van der Waals surface area contributed by atoms with Crippen molar-refractivity contribution in [3.8, 4) is 5.75 Å². The van der Waals surface area contributed by atoms with E-state index >= 15 is 0 Å². The van der Waals surface area contributed by atoms with Crippen molar-refractivity contribution in [2.45, 2.75) is 33.1 Å². The van der Waals surface area contributed by atoms with Crippen molar-refractivity contribution in [3.63, 3.8) is 0 Å². The minimum absolute atomic E-state index is 0.0271. The lowest BCUT2D eigenvalue weighted by molar-refractivity contribution is -0.470. The summed E-state index contributed by atoms with van der Waals surface area (Å²) in [6.45, 7) is 4.04. The van der Waals surface area contributed by atoms with Crippen molar-refractivity contribution in [1.82, 2.24) is 19.8 Å². The van der Waals surface area contributed by atoms with E-state index in [2.05, 4.69) is 27.2 Å². The molecule has 0 unspecified atom stereocenters. The fourth-order valence-corrected chi connectivity index (χ4v) is 2.60. The molecule has 2 aromatic rings. The van der Waals surface area contributed by atoms with Gasteiger partial charge in [0, 0.05) is 6.42 Å². The first-order chi connectivity index (χ1) is 13.7. The van der Waals surface area contributed by atoms with Gasteiger partial charge in [0.05, 0.1) is 39.6 Å². The van der Waals surface area contributed by atoms with Gasteiger partial charge < -0.3 is 5.11 Å². The molecule has 9 heteroatoms. The van der Waals surface area contributed by atoms with Gasteiger partial charge in [0.25, 0.3) is 0 Å². The normalized spacial score (nSPS) is 13.4. The summed E-state index contributed by atoms with van der Waals surface area (Å²) in [6, 6.07) is 6.38. The summed E-state index contributed by atoms with van der Waals surface area (Å²) in [5, 5.41) is 24.0. The van der Waals surface area contributed by atoms with Crippen LogP contribution in [-0.2, 0) is 6.42 Å². The Balaban J connectivity index is 0.000000321. The van der Waals surface area contributed by atoms with Crippen LogP contribution < -0.4 is 10.8 Å². The second kappa shape index (κ2) is 9.81. The zero-order valence-corrected chi connectivity index (χ0v) is 18.0. The van der Waals surface area contributed by atoms with Gasteiger partial charge in [-0.1, -0.05) is 25.5 Å². The van der Waals surface area contributed by atoms with Gasteiger partial charge in [0.2, 0.25) is 5.82 Å². The van der Waals surface area contributed by atoms with Crippen LogP contribution in [0.5, 0.6) is 5.75 Å². The van der Waals surface area contributed by atoms with Crippen LogP contribution in [0.1, 0.15) is 38.3 Å². The van der Waals surface area contributed by atoms with Gasteiger partial charge in [0.1, 0.15) is 5.71 Å². The molecule has 0 aliphatic carbocycles. The summed E-state index contributed by atoms with van der Waals surface area (Å²) in [6.07, 6.45) is 3.02. The standard InChI is InChI=1S/C15H17N5O.C5H13N3/c1-3-4-5-13-17-18-15-14(10(2)19-20(13)15)16-11-6-8-12(21)9-7-11;1-7(2)5(6)8(3)4/h6-9,21H,3-5H2,1-2H3;6H,1-4H3. The Morgan fingerprint density at radius 3 is 2.38 bits per heavy atom. The summed E-state index contributed by atoms with van der Waals surface area (Å²) in [5.41, 5.74) is 7.76. The summed E-state index contributed by atoms with van der Waals surface area (Å²) < 4.78 is 3.63. The molecule has 1 aliphatic heterocycles. The molecule has 2 heterocycles. The minimum atomic E-state index is -0.0271. The second-order valence-corrected chi connectivity index (χ2v) is 7.14. The molecule has 29 heavy (non-hydrogen) atoms. The van der Waals surface area contributed by atoms with Gasteiger partial charge in [-0.05, 0) is 25.5 Å². The van der Waals surface area contributed by atoms with E-state index in [4.69, 9.17) is 5.73 Å². The van der Waals surface area contributed by atoms with Crippen LogP contribution in [0.3, 0.4) is 0 Å². The van der Waals surface area contributed by atoms with Gasteiger partial charge in [-0.3, -0.25) is 15.2 Å². The Kier molecular flexibility index (Phi) is 7.46. The molecular formula is C20H30N8O. The molecule has 1 aliphatic rings. The molecule has 2 N–H and O–H groups in total. The highest BCUT2D eigenvalue weighted by molar-refractivity contribution is 6.48. The fourth-order valence-electron chi connectivity index (χ4n) is 2.60. The van der Waals surface area contributed by atoms with Crippen molar-refractivity contribution >= 4 is 23.1 Å². The third kappa shape index (κ3) is 5.63. The first kappa shape index (κ1) is 22.1. The maximum absolute atomic E-state index is 11.1. The van der Waals surface area contributed by atoms with E-state index in [-0.39, 0.29) is 5.75 Å². The SMILES string of the molecule is CCCCc1nnc2n1N=C(C)C2=Nc1ccc([O-])cc1.CN(C)C(N)=[N+](C)C. The topological polar surface area (TPSA) is 111 Å². The first-order valence-electron chi connectivity index (χ1n) is 9.58. The Bertz CT molecular complexity index is 918. The minimum Gasteiger partial charge on any atom is -0.872 e. The van der Waals surface area contributed by atoms with E-state index in [0.717, 1.165) is 36.8 Å². The van der Waals surface area contributed by atoms with Gasteiger partial charge in [0.15, 0.2) is 5.82 Å². The highest BCUT2D eigenvalue weighted by atomic mass is 16.3. The van der Waals surface area contributed by atoms with Crippen LogP contribution >= 0.6 is 0 Å². The van der Waals surface area contributed by atoms with Gasteiger partial charge >= 0.3 is 5.96 Å². The highest BCUT2D eigenvalue weighted by Crippen LogP contribution is 2.20. The van der Waals surface area contributed by atoms with Crippen molar-refractivity contribution in [2.75, 3.05) is 28.2 Å². The Morgan fingerprint density at radius 1 is 1.21 bits per heavy atom. The maximum Gasteiger partial charge on any atom is 0.344 e. The number of aromatic nitrogens is 3. The first-order valence-corrected chi connectivity index (χ1v) is 9.58. The van der Waals surface area contributed by atoms with Crippen LogP contribution in [0.15, 0.2) is 34.4 Å². The third-order valence-corrected chi connectivity index (χ3v) is 4.26. The predicted molar refractivity (Wildman–Crippen MR) is 114 cm³/mol. The number of hydrogen-bond acceptors (Lipinski definition) is 5. The Labute approximate surface area is 171 Å². The van der Waals surface area contributed by atoms with Crippen molar-refractivity contribution < 1.29 is 9.68 Å². The van der Waals surface area contributed by atoms with E-state index in [9.17, 15) is 5.11 Å². The predicted octanol–water partition coefficient (Wildman–Crippen LogP) is 1.19. The maximum atomic E-state index is 11.1. The smallest absolute Gasteiger partial charge is 0.344 e. The lowest BCUT2D eigenvalue weighted by Crippen LogP contribution is -2.36. The van der Waals surface area contributed by atoms with Crippen LogP contribution in [0.4, 0.5) is 5.69 Å². The molecular weight excluding hydrogens is 368 g/mol. The molecule has 0 radical (unpaired) electrons. The monoisotopic (exact) mass is 398 g/mol. The average molecular weight is 399 g/mol. The number of rotatable bonds is 4. The van der Waals surface area contributed by atoms with Crippen molar-refractivity contribution in [1.29, 1.82) is 0 Å². The summed E-state index contributed by atoms with van der Waals surface area (Å²) in [5.74, 6) is 2.28. The highest BCUT2D eigenvalue weighted by Gasteiger charge is 2.25. The number of fused-ring (bicyclic) bond motifs is 1. The van der Waals surface area contributed by atoms with Gasteiger partial charge in [-0.25, -0.2) is 4.99 Å². The molecule has 0 fully saturated rings. The van der Waals surface area contributed by atoms with Gasteiger partial charge in [-0.2, -0.15) is 9.78 Å². The number of nitrogens with two attached hydrogens (primary N) is 1. The summed E-state index contributed by atoms with van der Waals surface area (Å²) in [4.78, 5) is 6.40. The number of aliphatic imine (C=N–C) groups is 1. The molecule has 1 aromatic carbocycles. The van der Waals surface area contributed by atoms with E-state index in [0.29, 0.717) is 17.2 Å². The van der Waals surface area contributed by atoms with Crippen LogP contribution in [0.2, 0.25) is 0 Å². The number of benzene rings is 1. The molecule has 3 rings (SSSR count). The van der Waals surface area contributed by atoms with E-state index in [1.54, 1.807) is 16.8 Å². The third-order valence-electron chi connectivity index (χ3n) is 4.26. The zero-order chi connectivity index (χ0) is 21.6. The molecule has 1 aromatic heterocycles. The van der Waals surface area contributed by atoms with Crippen molar-refractivity contribution in [3.05, 3.63) is 35.9 Å². The zero-order valence-electron chi connectivity index (χ0n) is 18.0. The number of unbranched alkanes of at least 4 members (excludes halogenated alkanes) is 1. The fraction of sp³-hybridized carbons (Fsp3) is 0.450. The van der Waals surface area contributed by atoms with Crippen LogP contribution in [0.25, 0.3) is 0 Å². The molecule has 0 bridgehead atoms. The lowest BCUT2D eigenvalue weighted by atomic mass is 10.2. The van der Waals surface area contributed by atoms with Gasteiger partial charge in [-0.15, -0.1) is 15.9 Å². The Hall–Kier alpha value is -3.23. The van der Waals surface area contributed by atoms with E-state index in [1.807, 2.05) is 44.6 Å². The molecule has 0 saturated carbocycles. The van der Waals surface area contributed by atoms with Crippen LogP contribution in [0, 0.1) is 0 Å². The summed E-state index contributed by atoms with van der Waals surface area (Å²) in [7, 11) is 7.65. The quantitative estimate of drug-likeness (QED) is 0.472.